The van der Waals surface area contributed by atoms with E-state index in [1.807, 2.05) is 30.3 Å². The molecule has 0 spiro atoms. The first-order valence-corrected chi connectivity index (χ1v) is 7.48. The zero-order chi connectivity index (χ0) is 14.4. The van der Waals surface area contributed by atoms with Gasteiger partial charge in [-0.25, -0.2) is 0 Å². The van der Waals surface area contributed by atoms with Crippen LogP contribution >= 0.6 is 0 Å². The van der Waals surface area contributed by atoms with Gasteiger partial charge in [0.15, 0.2) is 0 Å². The molecule has 1 unspecified atom stereocenters. The van der Waals surface area contributed by atoms with Gasteiger partial charge >= 0.3 is 0 Å². The molecule has 0 amide bonds. The minimum absolute atomic E-state index is 0.0787. The summed E-state index contributed by atoms with van der Waals surface area (Å²) < 4.78 is 0. The van der Waals surface area contributed by atoms with Crippen LogP contribution in [0.2, 0.25) is 0 Å². The van der Waals surface area contributed by atoms with Gasteiger partial charge in [-0.1, -0.05) is 48.3 Å². The highest BCUT2D eigenvalue weighted by Gasteiger charge is 2.23. The van der Waals surface area contributed by atoms with Crippen molar-refractivity contribution in [1.29, 1.82) is 0 Å². The second-order valence-corrected chi connectivity index (χ2v) is 5.73. The summed E-state index contributed by atoms with van der Waals surface area (Å²) in [6.45, 7) is 2.95. The third kappa shape index (κ3) is 3.73. The smallest absolute Gasteiger partial charge is 0.147 e. The number of hydrogen-bond donors (Lipinski definition) is 3. The summed E-state index contributed by atoms with van der Waals surface area (Å²) in [4.78, 5) is 0. The standard InChI is InChI=1S/C16H25N3O/c1-12(13-7-5-6-8-13)18-11-15(16(17)19-20)14-9-3-2-4-10-14/h2-4,9-10,12-13,15,18,20H,5-8,11H2,1H3,(H2,17,19)/t12-,15?/m0/s1. The number of nitrogens with two attached hydrogens (primary N) is 1. The Kier molecular flexibility index (Phi) is 5.41. The Bertz CT molecular complexity index is 427. The number of rotatable bonds is 6. The number of nitrogens with zero attached hydrogens (tertiary/aromatic N) is 1. The average molecular weight is 275 g/mol. The van der Waals surface area contributed by atoms with E-state index in [0.29, 0.717) is 12.6 Å². The average Bonchev–Trinajstić information content (AvgIpc) is 3.02. The van der Waals surface area contributed by atoms with Crippen LogP contribution in [0.5, 0.6) is 0 Å². The fourth-order valence-corrected chi connectivity index (χ4v) is 3.08. The molecule has 0 saturated heterocycles. The topological polar surface area (TPSA) is 70.6 Å². The van der Waals surface area contributed by atoms with E-state index < -0.39 is 0 Å². The fourth-order valence-electron chi connectivity index (χ4n) is 3.08. The third-order valence-electron chi connectivity index (χ3n) is 4.43. The second-order valence-electron chi connectivity index (χ2n) is 5.73. The number of benzene rings is 1. The molecule has 1 aromatic rings. The van der Waals surface area contributed by atoms with Gasteiger partial charge in [-0.2, -0.15) is 0 Å². The van der Waals surface area contributed by atoms with Gasteiger partial charge < -0.3 is 16.3 Å². The first-order chi connectivity index (χ1) is 9.72. The first-order valence-electron chi connectivity index (χ1n) is 7.48. The lowest BCUT2D eigenvalue weighted by atomic mass is 9.95. The molecule has 1 aromatic carbocycles. The molecule has 4 nitrogen and oxygen atoms in total. The molecule has 0 bridgehead atoms. The Balaban J connectivity index is 1.98. The van der Waals surface area contributed by atoms with Gasteiger partial charge in [0.1, 0.15) is 5.84 Å². The van der Waals surface area contributed by atoms with Crippen LogP contribution in [0, 0.1) is 5.92 Å². The van der Waals surface area contributed by atoms with Crippen LogP contribution < -0.4 is 11.1 Å². The van der Waals surface area contributed by atoms with Crippen molar-refractivity contribution in [3.63, 3.8) is 0 Å². The molecular formula is C16H25N3O. The van der Waals surface area contributed by atoms with Gasteiger partial charge in [-0.05, 0) is 31.2 Å². The maximum atomic E-state index is 8.98. The molecule has 0 aliphatic heterocycles. The lowest BCUT2D eigenvalue weighted by Gasteiger charge is -2.24. The van der Waals surface area contributed by atoms with Crippen LogP contribution in [0.3, 0.4) is 0 Å². The molecule has 1 aliphatic rings. The van der Waals surface area contributed by atoms with Crippen LogP contribution in [0.4, 0.5) is 0 Å². The molecule has 110 valence electrons. The molecular weight excluding hydrogens is 250 g/mol. The Labute approximate surface area is 121 Å². The van der Waals surface area contributed by atoms with Crippen molar-refractivity contribution in [3.05, 3.63) is 35.9 Å². The van der Waals surface area contributed by atoms with Crippen LogP contribution in [0.1, 0.15) is 44.1 Å². The lowest BCUT2D eigenvalue weighted by molar-refractivity contribution is 0.314. The van der Waals surface area contributed by atoms with Crippen LogP contribution in [0.25, 0.3) is 0 Å². The van der Waals surface area contributed by atoms with E-state index in [-0.39, 0.29) is 11.8 Å². The molecule has 1 aliphatic carbocycles. The van der Waals surface area contributed by atoms with Crippen molar-refractivity contribution < 1.29 is 5.21 Å². The summed E-state index contributed by atoms with van der Waals surface area (Å²) in [5.41, 5.74) is 6.93. The van der Waals surface area contributed by atoms with Crippen molar-refractivity contribution >= 4 is 5.84 Å². The third-order valence-corrected chi connectivity index (χ3v) is 4.43. The highest BCUT2D eigenvalue weighted by atomic mass is 16.4. The van der Waals surface area contributed by atoms with Gasteiger partial charge in [0.2, 0.25) is 0 Å². The molecule has 1 saturated carbocycles. The van der Waals surface area contributed by atoms with Crippen molar-refractivity contribution in [2.75, 3.05) is 6.54 Å². The second kappa shape index (κ2) is 7.29. The maximum absolute atomic E-state index is 8.98. The molecule has 0 radical (unpaired) electrons. The maximum Gasteiger partial charge on any atom is 0.147 e. The van der Waals surface area contributed by atoms with E-state index in [0.717, 1.165) is 11.5 Å². The van der Waals surface area contributed by atoms with E-state index in [1.165, 1.54) is 25.7 Å². The first kappa shape index (κ1) is 14.9. The SMILES string of the molecule is C[C@H](NCC(/C(N)=N/O)c1ccccc1)C1CCCC1. The number of amidine groups is 1. The quantitative estimate of drug-likeness (QED) is 0.323. The Morgan fingerprint density at radius 1 is 1.35 bits per heavy atom. The molecule has 4 heteroatoms. The molecule has 2 rings (SSSR count). The highest BCUT2D eigenvalue weighted by molar-refractivity contribution is 5.87. The fraction of sp³-hybridized carbons (Fsp3) is 0.562. The minimum atomic E-state index is -0.0787. The summed E-state index contributed by atoms with van der Waals surface area (Å²) in [5, 5.41) is 15.7. The van der Waals surface area contributed by atoms with E-state index in [4.69, 9.17) is 10.9 Å². The Morgan fingerprint density at radius 3 is 2.60 bits per heavy atom. The summed E-state index contributed by atoms with van der Waals surface area (Å²) in [6, 6.07) is 10.5. The van der Waals surface area contributed by atoms with Gasteiger partial charge in [0.25, 0.3) is 0 Å². The zero-order valence-corrected chi connectivity index (χ0v) is 12.1. The number of hydrogen-bond acceptors (Lipinski definition) is 3. The van der Waals surface area contributed by atoms with Crippen LogP contribution in [-0.2, 0) is 0 Å². The number of nitrogens with one attached hydrogen (secondary N) is 1. The predicted molar refractivity (Wildman–Crippen MR) is 82.0 cm³/mol. The van der Waals surface area contributed by atoms with Gasteiger partial charge in [-0.3, -0.25) is 0 Å². The normalized spacial score (nSPS) is 19.9. The summed E-state index contributed by atoms with van der Waals surface area (Å²) in [6.07, 6.45) is 5.32. The summed E-state index contributed by atoms with van der Waals surface area (Å²) in [7, 11) is 0. The van der Waals surface area contributed by atoms with Crippen LogP contribution in [-0.4, -0.2) is 23.6 Å². The van der Waals surface area contributed by atoms with Crippen molar-refractivity contribution in [2.45, 2.75) is 44.6 Å². The summed E-state index contributed by atoms with van der Waals surface area (Å²) >= 11 is 0. The zero-order valence-electron chi connectivity index (χ0n) is 12.1. The Hall–Kier alpha value is -1.55. The van der Waals surface area contributed by atoms with Crippen molar-refractivity contribution in [1.82, 2.24) is 5.32 Å². The lowest BCUT2D eigenvalue weighted by Crippen LogP contribution is -2.39. The van der Waals surface area contributed by atoms with Gasteiger partial charge in [0.05, 0.1) is 5.92 Å². The summed E-state index contributed by atoms with van der Waals surface area (Å²) in [5.74, 6) is 0.950. The van der Waals surface area contributed by atoms with E-state index in [2.05, 4.69) is 17.4 Å². The monoisotopic (exact) mass is 275 g/mol. The molecule has 1 fully saturated rings. The van der Waals surface area contributed by atoms with Gasteiger partial charge in [-0.15, -0.1) is 0 Å². The van der Waals surface area contributed by atoms with Crippen molar-refractivity contribution in [3.8, 4) is 0 Å². The largest absolute Gasteiger partial charge is 0.409 e. The molecule has 20 heavy (non-hydrogen) atoms. The van der Waals surface area contributed by atoms with E-state index in [1.54, 1.807) is 0 Å². The number of oxime groups is 1. The molecule has 0 aromatic heterocycles. The minimum Gasteiger partial charge on any atom is -0.409 e. The predicted octanol–water partition coefficient (Wildman–Crippen LogP) is 2.68. The molecule has 4 N–H and O–H groups in total. The van der Waals surface area contributed by atoms with Gasteiger partial charge in [0, 0.05) is 12.6 Å². The molecule has 2 atom stereocenters. The van der Waals surface area contributed by atoms with Crippen LogP contribution in [0.15, 0.2) is 35.5 Å². The molecule has 0 heterocycles. The Morgan fingerprint density at radius 2 is 2.00 bits per heavy atom. The van der Waals surface area contributed by atoms with E-state index >= 15 is 0 Å². The van der Waals surface area contributed by atoms with Crippen molar-refractivity contribution in [2.24, 2.45) is 16.8 Å². The van der Waals surface area contributed by atoms with E-state index in [9.17, 15) is 0 Å². The highest BCUT2D eigenvalue weighted by Crippen LogP contribution is 2.27.